The van der Waals surface area contributed by atoms with Crippen LogP contribution < -0.4 is 10.5 Å². The van der Waals surface area contributed by atoms with Crippen molar-refractivity contribution in [2.45, 2.75) is 12.5 Å². The molecule has 0 spiro atoms. The van der Waals surface area contributed by atoms with Crippen LogP contribution in [0, 0.1) is 0 Å². The van der Waals surface area contributed by atoms with Crippen molar-refractivity contribution in [1.82, 2.24) is 9.88 Å². The Hall–Kier alpha value is -1.62. The van der Waals surface area contributed by atoms with E-state index in [1.807, 2.05) is 0 Å². The second-order valence-electron chi connectivity index (χ2n) is 3.89. The number of ether oxygens (including phenoxy) is 1. The van der Waals surface area contributed by atoms with E-state index < -0.39 is 0 Å². The van der Waals surface area contributed by atoms with E-state index in [4.69, 9.17) is 10.5 Å². The quantitative estimate of drug-likeness (QED) is 0.778. The van der Waals surface area contributed by atoms with Gasteiger partial charge in [0.15, 0.2) is 0 Å². The first kappa shape index (κ1) is 10.9. The predicted octanol–water partition coefficient (Wildman–Crippen LogP) is 0.263. The fourth-order valence-corrected chi connectivity index (χ4v) is 1.78. The van der Waals surface area contributed by atoms with Crippen LogP contribution >= 0.6 is 0 Å². The van der Waals surface area contributed by atoms with Gasteiger partial charge in [0.25, 0.3) is 5.91 Å². The molecule has 5 nitrogen and oxygen atoms in total. The minimum Gasteiger partial charge on any atom is -0.481 e. The molecule has 0 saturated carbocycles. The van der Waals surface area contributed by atoms with Crippen LogP contribution in [0.15, 0.2) is 18.3 Å². The van der Waals surface area contributed by atoms with Crippen LogP contribution in [0.5, 0.6) is 5.88 Å². The van der Waals surface area contributed by atoms with Gasteiger partial charge in [0, 0.05) is 31.4 Å². The number of nitrogens with two attached hydrogens (primary N) is 1. The molecule has 0 aromatic carbocycles. The Morgan fingerprint density at radius 3 is 2.94 bits per heavy atom. The van der Waals surface area contributed by atoms with Crippen molar-refractivity contribution in [3.8, 4) is 5.88 Å². The Morgan fingerprint density at radius 1 is 1.62 bits per heavy atom. The summed E-state index contributed by atoms with van der Waals surface area (Å²) in [5, 5.41) is 0. The highest BCUT2D eigenvalue weighted by atomic mass is 16.5. The third kappa shape index (κ3) is 2.14. The summed E-state index contributed by atoms with van der Waals surface area (Å²) in [7, 11) is 1.54. The van der Waals surface area contributed by atoms with E-state index in [1.165, 1.54) is 6.20 Å². The number of rotatable bonds is 2. The van der Waals surface area contributed by atoms with E-state index in [1.54, 1.807) is 24.1 Å². The van der Waals surface area contributed by atoms with Gasteiger partial charge in [-0.25, -0.2) is 4.98 Å². The molecule has 0 radical (unpaired) electrons. The number of amides is 1. The molecule has 0 bridgehead atoms. The van der Waals surface area contributed by atoms with Gasteiger partial charge in [-0.05, 0) is 12.5 Å². The van der Waals surface area contributed by atoms with Crippen molar-refractivity contribution in [2.75, 3.05) is 20.2 Å². The minimum atomic E-state index is -0.0110. The zero-order valence-electron chi connectivity index (χ0n) is 9.22. The third-order valence-corrected chi connectivity index (χ3v) is 2.70. The van der Waals surface area contributed by atoms with Crippen LogP contribution in [0.3, 0.4) is 0 Å². The molecule has 0 aliphatic carbocycles. The van der Waals surface area contributed by atoms with Crippen LogP contribution in [0.25, 0.3) is 0 Å². The second-order valence-corrected chi connectivity index (χ2v) is 3.89. The third-order valence-electron chi connectivity index (χ3n) is 2.70. The molecule has 2 rings (SSSR count). The number of hydrogen-bond acceptors (Lipinski definition) is 4. The molecule has 1 aliphatic heterocycles. The number of carbonyl (C=O) groups excluding carboxylic acids is 1. The first-order chi connectivity index (χ1) is 7.70. The highest BCUT2D eigenvalue weighted by molar-refractivity contribution is 5.94. The lowest BCUT2D eigenvalue weighted by molar-refractivity contribution is 0.0790. The van der Waals surface area contributed by atoms with Gasteiger partial charge < -0.3 is 15.4 Å². The van der Waals surface area contributed by atoms with Crippen molar-refractivity contribution in [3.05, 3.63) is 23.9 Å². The van der Waals surface area contributed by atoms with E-state index in [-0.39, 0.29) is 11.9 Å². The zero-order valence-corrected chi connectivity index (χ0v) is 9.22. The molecule has 2 N–H and O–H groups in total. The summed E-state index contributed by atoms with van der Waals surface area (Å²) in [4.78, 5) is 17.7. The summed E-state index contributed by atoms with van der Waals surface area (Å²) in [6.45, 7) is 1.36. The molecule has 1 aliphatic rings. The van der Waals surface area contributed by atoms with E-state index >= 15 is 0 Å². The van der Waals surface area contributed by atoms with Crippen LogP contribution in [0.1, 0.15) is 16.8 Å². The Labute approximate surface area is 94.2 Å². The van der Waals surface area contributed by atoms with Crippen molar-refractivity contribution in [3.63, 3.8) is 0 Å². The van der Waals surface area contributed by atoms with E-state index in [0.29, 0.717) is 18.0 Å². The standard InChI is InChI=1S/C11H15N3O2/c1-16-10-3-2-8(6-13-10)11(15)14-5-4-9(12)7-14/h2-3,6,9H,4-5,7,12H2,1H3/t9-/m1/s1. The largest absolute Gasteiger partial charge is 0.481 e. The van der Waals surface area contributed by atoms with Crippen LogP contribution in [-0.2, 0) is 0 Å². The molecule has 0 unspecified atom stereocenters. The summed E-state index contributed by atoms with van der Waals surface area (Å²) >= 11 is 0. The summed E-state index contributed by atoms with van der Waals surface area (Å²) in [5.74, 6) is 0.498. The highest BCUT2D eigenvalue weighted by Gasteiger charge is 2.24. The fraction of sp³-hybridized carbons (Fsp3) is 0.455. The SMILES string of the molecule is COc1ccc(C(=O)N2CC[C@@H](N)C2)cn1. The monoisotopic (exact) mass is 221 g/mol. The molecule has 1 atom stereocenters. The number of hydrogen-bond donors (Lipinski definition) is 1. The molecule has 1 saturated heterocycles. The number of nitrogens with zero attached hydrogens (tertiary/aromatic N) is 2. The maximum Gasteiger partial charge on any atom is 0.255 e. The number of carbonyl (C=O) groups is 1. The Kier molecular flexibility index (Phi) is 3.05. The van der Waals surface area contributed by atoms with E-state index in [2.05, 4.69) is 4.98 Å². The maximum absolute atomic E-state index is 12.0. The van der Waals surface area contributed by atoms with E-state index in [9.17, 15) is 4.79 Å². The smallest absolute Gasteiger partial charge is 0.255 e. The molecule has 1 aromatic rings. The zero-order chi connectivity index (χ0) is 11.5. The number of methoxy groups -OCH3 is 1. The van der Waals surface area contributed by atoms with Crippen LogP contribution in [0.4, 0.5) is 0 Å². The lowest BCUT2D eigenvalue weighted by Gasteiger charge is -2.15. The van der Waals surface area contributed by atoms with E-state index in [0.717, 1.165) is 13.0 Å². The summed E-state index contributed by atoms with van der Waals surface area (Å²) < 4.78 is 4.94. The first-order valence-corrected chi connectivity index (χ1v) is 5.25. The molecule has 16 heavy (non-hydrogen) atoms. The Morgan fingerprint density at radius 2 is 2.44 bits per heavy atom. The minimum absolute atomic E-state index is 0.0110. The molecular weight excluding hydrogens is 206 g/mol. The molecule has 1 amide bonds. The van der Waals surface area contributed by atoms with Crippen molar-refractivity contribution >= 4 is 5.91 Å². The van der Waals surface area contributed by atoms with Gasteiger partial charge in [0.1, 0.15) is 0 Å². The topological polar surface area (TPSA) is 68.5 Å². The molecule has 2 heterocycles. The molecule has 1 fully saturated rings. The van der Waals surface area contributed by atoms with Gasteiger partial charge in [-0.15, -0.1) is 0 Å². The predicted molar refractivity (Wildman–Crippen MR) is 59.3 cm³/mol. The van der Waals surface area contributed by atoms with Gasteiger partial charge in [0.05, 0.1) is 12.7 Å². The number of pyridine rings is 1. The molecule has 86 valence electrons. The average molecular weight is 221 g/mol. The van der Waals surface area contributed by atoms with Gasteiger partial charge in [-0.3, -0.25) is 4.79 Å². The Balaban J connectivity index is 2.08. The normalized spacial score (nSPS) is 19.9. The van der Waals surface area contributed by atoms with Gasteiger partial charge in [-0.1, -0.05) is 0 Å². The van der Waals surface area contributed by atoms with Crippen LogP contribution in [-0.4, -0.2) is 42.0 Å². The molecule has 1 aromatic heterocycles. The second kappa shape index (κ2) is 4.49. The number of likely N-dealkylation sites (tertiary alicyclic amines) is 1. The Bertz CT molecular complexity index is 377. The molecular formula is C11H15N3O2. The average Bonchev–Trinajstić information content (AvgIpc) is 2.75. The van der Waals surface area contributed by atoms with Crippen molar-refractivity contribution in [2.24, 2.45) is 5.73 Å². The lowest BCUT2D eigenvalue weighted by Crippen LogP contribution is -2.31. The highest BCUT2D eigenvalue weighted by Crippen LogP contribution is 2.13. The number of aromatic nitrogens is 1. The molecule has 5 heteroatoms. The van der Waals surface area contributed by atoms with Gasteiger partial charge in [0.2, 0.25) is 5.88 Å². The summed E-state index contributed by atoms with van der Waals surface area (Å²) in [6, 6.07) is 3.51. The fourth-order valence-electron chi connectivity index (χ4n) is 1.78. The van der Waals surface area contributed by atoms with Gasteiger partial charge >= 0.3 is 0 Å². The summed E-state index contributed by atoms with van der Waals surface area (Å²) in [6.07, 6.45) is 2.40. The van der Waals surface area contributed by atoms with Crippen molar-refractivity contribution < 1.29 is 9.53 Å². The first-order valence-electron chi connectivity index (χ1n) is 5.25. The van der Waals surface area contributed by atoms with Crippen LogP contribution in [0.2, 0.25) is 0 Å². The summed E-state index contributed by atoms with van der Waals surface area (Å²) in [5.41, 5.74) is 6.34. The maximum atomic E-state index is 12.0. The van der Waals surface area contributed by atoms with Gasteiger partial charge in [-0.2, -0.15) is 0 Å². The lowest BCUT2D eigenvalue weighted by atomic mass is 10.2. The van der Waals surface area contributed by atoms with Crippen molar-refractivity contribution in [1.29, 1.82) is 0 Å².